The first-order valence-corrected chi connectivity index (χ1v) is 11.0. The van der Waals surface area contributed by atoms with E-state index in [9.17, 15) is 0 Å². The first-order chi connectivity index (χ1) is 16.1. The number of aromatic nitrogens is 4. The molecule has 1 aliphatic rings. The monoisotopic (exact) mass is 445 g/mol. The van der Waals surface area contributed by atoms with Crippen molar-refractivity contribution in [2.75, 3.05) is 38.9 Å². The van der Waals surface area contributed by atoms with Crippen LogP contribution in [0.3, 0.4) is 0 Å². The van der Waals surface area contributed by atoms with Crippen LogP contribution in [0.5, 0.6) is 11.5 Å². The summed E-state index contributed by atoms with van der Waals surface area (Å²) < 4.78 is 17.1. The Kier molecular flexibility index (Phi) is 5.60. The van der Waals surface area contributed by atoms with Gasteiger partial charge in [0, 0.05) is 29.9 Å². The number of anilines is 1. The number of nitrogens with zero attached hydrogens (tertiary/aromatic N) is 4. The third kappa shape index (κ3) is 3.66. The third-order valence-corrected chi connectivity index (χ3v) is 6.12. The molecule has 3 aromatic heterocycles. The van der Waals surface area contributed by atoms with Crippen LogP contribution in [-0.4, -0.2) is 60.2 Å². The minimum absolute atomic E-state index is 0.206. The Bertz CT molecular complexity index is 1290. The highest BCUT2D eigenvalue weighted by atomic mass is 16.5. The summed E-state index contributed by atoms with van der Waals surface area (Å²) in [7, 11) is 3.32. The number of H-pyrrole nitrogens is 1. The van der Waals surface area contributed by atoms with E-state index in [-0.39, 0.29) is 6.04 Å². The first kappa shape index (κ1) is 21.2. The van der Waals surface area contributed by atoms with Crippen molar-refractivity contribution in [3.63, 3.8) is 0 Å². The normalized spacial score (nSPS) is 16.2. The molecule has 1 N–H and O–H groups in total. The molecule has 0 unspecified atom stereocenters. The molecule has 170 valence electrons. The Morgan fingerprint density at radius 1 is 1.15 bits per heavy atom. The zero-order valence-corrected chi connectivity index (χ0v) is 19.3. The minimum atomic E-state index is 0.206. The van der Waals surface area contributed by atoms with Crippen LogP contribution < -0.4 is 14.4 Å². The molecule has 8 heteroatoms. The molecule has 0 saturated carbocycles. The van der Waals surface area contributed by atoms with E-state index in [0.29, 0.717) is 24.7 Å². The summed E-state index contributed by atoms with van der Waals surface area (Å²) in [5.41, 5.74) is 5.39. The van der Waals surface area contributed by atoms with Crippen molar-refractivity contribution in [1.82, 2.24) is 20.2 Å². The lowest BCUT2D eigenvalue weighted by molar-refractivity contribution is 0.0986. The molecule has 1 aromatic carbocycles. The maximum Gasteiger partial charge on any atom is 0.168 e. The van der Waals surface area contributed by atoms with Crippen LogP contribution in [0.15, 0.2) is 42.7 Å². The number of methoxy groups -OCH3 is 2. The highest BCUT2D eigenvalue weighted by Gasteiger charge is 2.25. The van der Waals surface area contributed by atoms with Crippen molar-refractivity contribution in [2.24, 2.45) is 0 Å². The molecule has 0 amide bonds. The second kappa shape index (κ2) is 8.71. The molecule has 0 aliphatic carbocycles. The maximum atomic E-state index is 5.81. The van der Waals surface area contributed by atoms with E-state index in [1.807, 2.05) is 24.4 Å². The predicted octanol–water partition coefficient (Wildman–Crippen LogP) is 4.24. The summed E-state index contributed by atoms with van der Waals surface area (Å²) in [6.45, 7) is 6.31. The smallest absolute Gasteiger partial charge is 0.168 e. The Labute approximate surface area is 192 Å². The van der Waals surface area contributed by atoms with Gasteiger partial charge in [-0.15, -0.1) is 0 Å². The number of fused-ring (bicyclic) bond motifs is 1. The van der Waals surface area contributed by atoms with Crippen molar-refractivity contribution in [3.05, 3.63) is 48.3 Å². The molecule has 5 rings (SSSR count). The predicted molar refractivity (Wildman–Crippen MR) is 128 cm³/mol. The van der Waals surface area contributed by atoms with Gasteiger partial charge in [-0.1, -0.05) is 12.1 Å². The van der Waals surface area contributed by atoms with E-state index in [0.717, 1.165) is 51.3 Å². The van der Waals surface area contributed by atoms with Gasteiger partial charge in [0.05, 0.1) is 39.2 Å². The van der Waals surface area contributed by atoms with Gasteiger partial charge in [0.2, 0.25) is 0 Å². The van der Waals surface area contributed by atoms with Gasteiger partial charge >= 0.3 is 0 Å². The number of rotatable bonds is 5. The van der Waals surface area contributed by atoms with Crippen LogP contribution >= 0.6 is 0 Å². The molecular weight excluding hydrogens is 418 g/mol. The Balaban J connectivity index is 1.86. The van der Waals surface area contributed by atoms with Crippen LogP contribution in [0.2, 0.25) is 0 Å². The Morgan fingerprint density at radius 2 is 2.03 bits per heavy atom. The molecule has 1 saturated heterocycles. The lowest BCUT2D eigenvalue weighted by atomic mass is 9.96. The first-order valence-electron chi connectivity index (χ1n) is 11.0. The number of para-hydroxylation sites is 1. The molecule has 4 heterocycles. The summed E-state index contributed by atoms with van der Waals surface area (Å²) in [4.78, 5) is 12.2. The number of morpholine rings is 1. The molecule has 8 nitrogen and oxygen atoms in total. The summed E-state index contributed by atoms with van der Waals surface area (Å²) in [6, 6.07) is 10.2. The number of hydrogen-bond donors (Lipinski definition) is 1. The lowest BCUT2D eigenvalue weighted by Crippen LogP contribution is -2.44. The number of benzene rings is 1. The second-order valence-electron chi connectivity index (χ2n) is 8.17. The second-order valence-corrected chi connectivity index (χ2v) is 8.17. The number of nitrogens with one attached hydrogen (secondary N) is 1. The van der Waals surface area contributed by atoms with E-state index in [1.54, 1.807) is 20.4 Å². The average molecular weight is 446 g/mol. The summed E-state index contributed by atoms with van der Waals surface area (Å²) >= 11 is 0. The molecule has 0 radical (unpaired) electrons. The van der Waals surface area contributed by atoms with Crippen LogP contribution in [0.1, 0.15) is 12.5 Å². The van der Waals surface area contributed by atoms with Gasteiger partial charge in [-0.3, -0.25) is 10.1 Å². The quantitative estimate of drug-likeness (QED) is 0.492. The fraction of sp³-hybridized carbons (Fsp3) is 0.320. The van der Waals surface area contributed by atoms with Crippen LogP contribution in [0.4, 0.5) is 5.82 Å². The van der Waals surface area contributed by atoms with Crippen LogP contribution in [0.25, 0.3) is 33.4 Å². The largest absolute Gasteiger partial charge is 0.493 e. The molecule has 0 bridgehead atoms. The molecule has 1 atom stereocenters. The summed E-state index contributed by atoms with van der Waals surface area (Å²) in [5.74, 6) is 2.25. The SMILES string of the molecule is COc1cccc(-c2cc(N3CCOC[C@H]3C)nc3c(-c4ccn[nH]4)ncc(C)c23)c1OC. The van der Waals surface area contributed by atoms with Crippen molar-refractivity contribution >= 4 is 16.7 Å². The Morgan fingerprint density at radius 3 is 2.76 bits per heavy atom. The van der Waals surface area contributed by atoms with Crippen LogP contribution in [-0.2, 0) is 4.74 Å². The van der Waals surface area contributed by atoms with Gasteiger partial charge in [0.15, 0.2) is 11.5 Å². The number of aromatic amines is 1. The molecular formula is C25H27N5O3. The van der Waals surface area contributed by atoms with E-state index < -0.39 is 0 Å². The molecule has 33 heavy (non-hydrogen) atoms. The minimum Gasteiger partial charge on any atom is -0.493 e. The number of aryl methyl sites for hydroxylation is 1. The van der Waals surface area contributed by atoms with Crippen molar-refractivity contribution < 1.29 is 14.2 Å². The van der Waals surface area contributed by atoms with Crippen molar-refractivity contribution in [3.8, 4) is 34.0 Å². The summed E-state index contributed by atoms with van der Waals surface area (Å²) in [6.07, 6.45) is 3.61. The van der Waals surface area contributed by atoms with Crippen LogP contribution in [0, 0.1) is 6.92 Å². The highest BCUT2D eigenvalue weighted by Crippen LogP contribution is 2.43. The van der Waals surface area contributed by atoms with E-state index >= 15 is 0 Å². The zero-order chi connectivity index (χ0) is 22.9. The van der Waals surface area contributed by atoms with Crippen molar-refractivity contribution in [1.29, 1.82) is 0 Å². The zero-order valence-electron chi connectivity index (χ0n) is 19.3. The number of ether oxygens (including phenoxy) is 3. The van der Waals surface area contributed by atoms with Crippen molar-refractivity contribution in [2.45, 2.75) is 19.9 Å². The van der Waals surface area contributed by atoms with Gasteiger partial charge < -0.3 is 19.1 Å². The fourth-order valence-electron chi connectivity index (χ4n) is 4.50. The van der Waals surface area contributed by atoms with E-state index in [2.05, 4.69) is 41.1 Å². The van der Waals surface area contributed by atoms with Gasteiger partial charge in [-0.05, 0) is 43.2 Å². The van der Waals surface area contributed by atoms with Gasteiger partial charge in [0.1, 0.15) is 17.0 Å². The summed E-state index contributed by atoms with van der Waals surface area (Å²) in [5, 5.41) is 8.19. The van der Waals surface area contributed by atoms with E-state index in [4.69, 9.17) is 24.2 Å². The molecule has 4 aromatic rings. The molecule has 1 aliphatic heterocycles. The molecule has 0 spiro atoms. The lowest BCUT2D eigenvalue weighted by Gasteiger charge is -2.35. The fourth-order valence-corrected chi connectivity index (χ4v) is 4.50. The van der Waals surface area contributed by atoms with E-state index in [1.165, 1.54) is 0 Å². The Hall–Kier alpha value is -3.65. The molecule has 1 fully saturated rings. The highest BCUT2D eigenvalue weighted by molar-refractivity contribution is 6.04. The third-order valence-electron chi connectivity index (χ3n) is 6.12. The van der Waals surface area contributed by atoms with Gasteiger partial charge in [0.25, 0.3) is 0 Å². The maximum absolute atomic E-state index is 5.81. The number of hydrogen-bond acceptors (Lipinski definition) is 7. The van der Waals surface area contributed by atoms with Gasteiger partial charge in [-0.25, -0.2) is 4.98 Å². The average Bonchev–Trinajstić information content (AvgIpc) is 3.38. The van der Waals surface area contributed by atoms with Gasteiger partial charge in [-0.2, -0.15) is 5.10 Å². The topological polar surface area (TPSA) is 85.4 Å². The standard InChI is InChI=1S/C25H27N5O3/c1-15-13-26-23(19-8-9-27-29-19)24-22(15)18(17-6-5-7-20(31-3)25(17)32-4)12-21(28-24)30-10-11-33-14-16(30)2/h5-9,12-13,16H,10-11,14H2,1-4H3,(H,27,29)/t16-/m1/s1. The number of pyridine rings is 2.